The third kappa shape index (κ3) is 3.32. The number of nitrogens with one attached hydrogen (secondary N) is 1. The minimum Gasteiger partial charge on any atom is -0.375 e. The second-order valence-electron chi connectivity index (χ2n) is 6.54. The van der Waals surface area contributed by atoms with Crippen molar-refractivity contribution in [1.82, 2.24) is 4.90 Å². The molecule has 8 heteroatoms. The summed E-state index contributed by atoms with van der Waals surface area (Å²) in [7, 11) is -3.65. The Labute approximate surface area is 135 Å². The van der Waals surface area contributed by atoms with Crippen LogP contribution in [0, 0.1) is 10.1 Å². The smallest absolute Gasteiger partial charge is 0.310 e. The number of anilines is 1. The van der Waals surface area contributed by atoms with Gasteiger partial charge in [0.2, 0.25) is 0 Å². The van der Waals surface area contributed by atoms with Crippen molar-refractivity contribution >= 4 is 21.2 Å². The Kier molecular flexibility index (Phi) is 4.05. The highest BCUT2D eigenvalue weighted by Crippen LogP contribution is 2.36. The van der Waals surface area contributed by atoms with Crippen LogP contribution in [0.5, 0.6) is 0 Å². The van der Waals surface area contributed by atoms with Crippen LogP contribution in [0.3, 0.4) is 0 Å². The number of rotatable bonds is 5. The highest BCUT2D eigenvalue weighted by molar-refractivity contribution is 7.90. The van der Waals surface area contributed by atoms with E-state index in [1.54, 1.807) is 12.1 Å². The van der Waals surface area contributed by atoms with E-state index in [2.05, 4.69) is 17.1 Å². The van der Waals surface area contributed by atoms with Crippen LogP contribution in [0.1, 0.15) is 26.2 Å². The number of nitrogens with zero attached hydrogens (tertiary/aromatic N) is 2. The average Bonchev–Trinajstić information content (AvgIpc) is 3.22. The standard InChI is InChI=1S/C15H21N3O4S/c1-10-8-11(9-17(10)12-6-7-12)16-13-4-3-5-14(23(2,21)22)15(13)18(19)20/h3-5,10-12,16H,6-9H2,1-2H3. The third-order valence-corrected chi connectivity index (χ3v) is 5.71. The van der Waals surface area contributed by atoms with Crippen LogP contribution in [0.25, 0.3) is 0 Å². The molecule has 0 bridgehead atoms. The van der Waals surface area contributed by atoms with E-state index in [1.807, 2.05) is 0 Å². The first-order valence-electron chi connectivity index (χ1n) is 7.77. The second kappa shape index (κ2) is 5.76. The molecular formula is C15H21N3O4S. The molecule has 0 amide bonds. The van der Waals surface area contributed by atoms with E-state index in [1.165, 1.54) is 18.9 Å². The molecule has 0 spiro atoms. The number of para-hydroxylation sites is 1. The molecule has 23 heavy (non-hydrogen) atoms. The fourth-order valence-electron chi connectivity index (χ4n) is 3.42. The lowest BCUT2D eigenvalue weighted by molar-refractivity contribution is -0.386. The SMILES string of the molecule is CC1CC(Nc2cccc(S(C)(=O)=O)c2[N+](=O)[O-])CN1C1CC1. The zero-order chi connectivity index (χ0) is 16.8. The van der Waals surface area contributed by atoms with Gasteiger partial charge in [-0.3, -0.25) is 15.0 Å². The molecule has 3 rings (SSSR count). The lowest BCUT2D eigenvalue weighted by Crippen LogP contribution is -2.31. The van der Waals surface area contributed by atoms with E-state index in [-0.39, 0.29) is 22.3 Å². The zero-order valence-electron chi connectivity index (χ0n) is 13.2. The van der Waals surface area contributed by atoms with Crippen molar-refractivity contribution < 1.29 is 13.3 Å². The highest BCUT2D eigenvalue weighted by atomic mass is 32.2. The quantitative estimate of drug-likeness (QED) is 0.652. The van der Waals surface area contributed by atoms with Gasteiger partial charge in [-0.05, 0) is 38.3 Å². The van der Waals surface area contributed by atoms with Crippen molar-refractivity contribution in [1.29, 1.82) is 0 Å². The predicted octanol–water partition coefficient (Wildman–Crippen LogP) is 2.04. The highest BCUT2D eigenvalue weighted by Gasteiger charge is 2.39. The summed E-state index contributed by atoms with van der Waals surface area (Å²) in [4.78, 5) is 13.0. The van der Waals surface area contributed by atoms with Gasteiger partial charge >= 0.3 is 5.69 Å². The number of benzene rings is 1. The number of hydrogen-bond acceptors (Lipinski definition) is 6. The maximum absolute atomic E-state index is 11.8. The average molecular weight is 339 g/mol. The van der Waals surface area contributed by atoms with Crippen molar-refractivity contribution in [3.05, 3.63) is 28.3 Å². The van der Waals surface area contributed by atoms with Gasteiger partial charge in [-0.25, -0.2) is 8.42 Å². The largest absolute Gasteiger partial charge is 0.375 e. The molecule has 0 aromatic heterocycles. The summed E-state index contributed by atoms with van der Waals surface area (Å²) in [6.45, 7) is 3.01. The lowest BCUT2D eigenvalue weighted by Gasteiger charge is -2.20. The molecule has 2 aliphatic rings. The van der Waals surface area contributed by atoms with E-state index in [0.29, 0.717) is 12.1 Å². The van der Waals surface area contributed by atoms with Crippen LogP contribution in [0.4, 0.5) is 11.4 Å². The van der Waals surface area contributed by atoms with Crippen molar-refractivity contribution in [3.8, 4) is 0 Å². The lowest BCUT2D eigenvalue weighted by atomic mass is 10.1. The van der Waals surface area contributed by atoms with E-state index in [0.717, 1.165) is 19.2 Å². The molecule has 1 aromatic rings. The Bertz CT molecular complexity index is 730. The first-order chi connectivity index (χ1) is 10.8. The molecule has 1 saturated carbocycles. The molecule has 126 valence electrons. The summed E-state index contributed by atoms with van der Waals surface area (Å²) in [6, 6.07) is 5.59. The number of nitro benzene ring substituents is 1. The van der Waals surface area contributed by atoms with E-state index >= 15 is 0 Å². The van der Waals surface area contributed by atoms with Gasteiger partial charge < -0.3 is 5.32 Å². The molecule has 1 N–H and O–H groups in total. The Morgan fingerprint density at radius 3 is 2.61 bits per heavy atom. The summed E-state index contributed by atoms with van der Waals surface area (Å²) >= 11 is 0. The van der Waals surface area contributed by atoms with Crippen molar-refractivity contribution in [2.24, 2.45) is 0 Å². The van der Waals surface area contributed by atoms with Gasteiger partial charge in [-0.1, -0.05) is 6.07 Å². The maximum atomic E-state index is 11.8. The van der Waals surface area contributed by atoms with E-state index < -0.39 is 14.8 Å². The monoisotopic (exact) mass is 339 g/mol. The van der Waals surface area contributed by atoms with E-state index in [9.17, 15) is 18.5 Å². The zero-order valence-corrected chi connectivity index (χ0v) is 14.0. The molecule has 1 saturated heterocycles. The van der Waals surface area contributed by atoms with Gasteiger partial charge in [0.1, 0.15) is 10.6 Å². The number of sulfone groups is 1. The summed E-state index contributed by atoms with van der Waals surface area (Å²) in [5.41, 5.74) is -0.0692. The van der Waals surface area contributed by atoms with Gasteiger partial charge in [-0.2, -0.15) is 0 Å². The van der Waals surface area contributed by atoms with Crippen molar-refractivity contribution in [3.63, 3.8) is 0 Å². The maximum Gasteiger partial charge on any atom is 0.310 e. The Balaban J connectivity index is 1.87. The van der Waals surface area contributed by atoms with E-state index in [4.69, 9.17) is 0 Å². The molecule has 2 atom stereocenters. The van der Waals surface area contributed by atoms with Crippen molar-refractivity contribution in [2.75, 3.05) is 18.1 Å². The predicted molar refractivity (Wildman–Crippen MR) is 87.4 cm³/mol. The molecule has 2 unspecified atom stereocenters. The molecule has 0 radical (unpaired) electrons. The molecule has 1 aliphatic carbocycles. The number of hydrogen-bond donors (Lipinski definition) is 1. The minimum atomic E-state index is -3.65. The summed E-state index contributed by atoms with van der Waals surface area (Å²) in [5.74, 6) is 0. The Hall–Kier alpha value is -1.67. The molecule has 2 fully saturated rings. The first-order valence-corrected chi connectivity index (χ1v) is 9.66. The number of likely N-dealkylation sites (tertiary alicyclic amines) is 1. The molecular weight excluding hydrogens is 318 g/mol. The fourth-order valence-corrected chi connectivity index (χ4v) is 4.28. The second-order valence-corrected chi connectivity index (χ2v) is 8.52. The van der Waals surface area contributed by atoms with Crippen LogP contribution in [-0.2, 0) is 9.84 Å². The fraction of sp³-hybridized carbons (Fsp3) is 0.600. The van der Waals surface area contributed by atoms with Gasteiger partial charge in [0.05, 0.1) is 4.92 Å². The normalized spacial score (nSPS) is 25.5. The Morgan fingerprint density at radius 2 is 2.04 bits per heavy atom. The topological polar surface area (TPSA) is 92.5 Å². The van der Waals surface area contributed by atoms with Crippen LogP contribution in [0.15, 0.2) is 23.1 Å². The summed E-state index contributed by atoms with van der Waals surface area (Å²) in [5, 5.41) is 14.6. The van der Waals surface area contributed by atoms with Crippen molar-refractivity contribution in [2.45, 2.75) is 49.2 Å². The first kappa shape index (κ1) is 16.2. The summed E-state index contributed by atoms with van der Waals surface area (Å²) in [6.07, 6.45) is 4.34. The summed E-state index contributed by atoms with van der Waals surface area (Å²) < 4.78 is 23.6. The molecule has 1 aromatic carbocycles. The Morgan fingerprint density at radius 1 is 1.35 bits per heavy atom. The molecule has 1 aliphatic heterocycles. The van der Waals surface area contributed by atoms with Crippen LogP contribution in [0.2, 0.25) is 0 Å². The van der Waals surface area contributed by atoms with Gasteiger partial charge in [0.15, 0.2) is 9.84 Å². The van der Waals surface area contributed by atoms with Gasteiger partial charge in [0.25, 0.3) is 0 Å². The van der Waals surface area contributed by atoms with Gasteiger partial charge in [0, 0.05) is 30.9 Å². The van der Waals surface area contributed by atoms with Crippen LogP contribution < -0.4 is 5.32 Å². The molecule has 1 heterocycles. The third-order valence-electron chi connectivity index (χ3n) is 4.58. The molecule has 7 nitrogen and oxygen atoms in total. The van der Waals surface area contributed by atoms with Gasteiger partial charge in [-0.15, -0.1) is 0 Å². The number of nitro groups is 1. The van der Waals surface area contributed by atoms with Crippen LogP contribution in [-0.4, -0.2) is 49.2 Å². The van der Waals surface area contributed by atoms with Crippen LogP contribution >= 0.6 is 0 Å². The minimum absolute atomic E-state index is 0.0964.